The highest BCUT2D eigenvalue weighted by atomic mass is 79.9. The molecule has 4 rings (SSSR count). The molecule has 0 radical (unpaired) electrons. The second kappa shape index (κ2) is 7.65. The number of benzene rings is 2. The van der Waals surface area contributed by atoms with E-state index in [0.717, 1.165) is 20.6 Å². The van der Waals surface area contributed by atoms with Gasteiger partial charge in [-0.25, -0.2) is 9.97 Å². The summed E-state index contributed by atoms with van der Waals surface area (Å²) in [5.74, 6) is -0.324. The topological polar surface area (TPSA) is 76.9 Å². The van der Waals surface area contributed by atoms with Crippen LogP contribution in [0.3, 0.4) is 0 Å². The molecule has 0 bridgehead atoms. The molecule has 2 heterocycles. The summed E-state index contributed by atoms with van der Waals surface area (Å²) in [6.07, 6.45) is 1.39. The lowest BCUT2D eigenvalue weighted by Gasteiger charge is -2.06. The Hall–Kier alpha value is -2.84. The fraction of sp³-hybridized carbons (Fsp3) is 0.100. The molecule has 2 aromatic heterocycles. The molecule has 0 spiro atoms. The summed E-state index contributed by atoms with van der Waals surface area (Å²) in [6, 6.07) is 14.9. The predicted molar refractivity (Wildman–Crippen MR) is 115 cm³/mol. The number of carbonyl (C=O) groups excluding carboxylic acids is 1. The number of para-hydroxylation sites is 1. The van der Waals surface area contributed by atoms with E-state index < -0.39 is 0 Å². The maximum absolute atomic E-state index is 12.5. The van der Waals surface area contributed by atoms with Crippen molar-refractivity contribution in [2.75, 3.05) is 5.32 Å². The zero-order valence-electron chi connectivity index (χ0n) is 14.8. The molecule has 1 N–H and O–H groups in total. The minimum atomic E-state index is -0.324. The number of nitrogens with zero attached hydrogens (tertiary/aromatic N) is 3. The van der Waals surface area contributed by atoms with Gasteiger partial charge in [0.25, 0.3) is 5.56 Å². The van der Waals surface area contributed by atoms with Crippen molar-refractivity contribution < 1.29 is 4.79 Å². The number of carbonyl (C=O) groups is 1. The van der Waals surface area contributed by atoms with Gasteiger partial charge < -0.3 is 5.32 Å². The molecule has 0 aliphatic rings. The van der Waals surface area contributed by atoms with Crippen LogP contribution in [-0.2, 0) is 11.3 Å². The Kier molecular flexibility index (Phi) is 5.06. The number of aromatic nitrogens is 3. The number of aryl methyl sites for hydroxylation is 1. The first-order chi connectivity index (χ1) is 13.5. The van der Waals surface area contributed by atoms with Crippen LogP contribution in [0.2, 0.25) is 0 Å². The van der Waals surface area contributed by atoms with E-state index in [9.17, 15) is 9.59 Å². The van der Waals surface area contributed by atoms with E-state index in [4.69, 9.17) is 0 Å². The molecule has 1 amide bonds. The molecule has 2 aromatic carbocycles. The average molecular weight is 455 g/mol. The van der Waals surface area contributed by atoms with Gasteiger partial charge in [-0.2, -0.15) is 0 Å². The highest BCUT2D eigenvalue weighted by molar-refractivity contribution is 9.10. The van der Waals surface area contributed by atoms with Gasteiger partial charge in [0, 0.05) is 14.9 Å². The lowest BCUT2D eigenvalue weighted by atomic mass is 10.1. The molecular weight excluding hydrogens is 440 g/mol. The van der Waals surface area contributed by atoms with Crippen molar-refractivity contribution in [1.82, 2.24) is 14.5 Å². The molecule has 28 heavy (non-hydrogen) atoms. The fourth-order valence-corrected chi connectivity index (χ4v) is 3.97. The number of nitrogens with one attached hydrogen (secondary N) is 1. The molecule has 0 aliphatic heterocycles. The van der Waals surface area contributed by atoms with Gasteiger partial charge in [0.2, 0.25) is 5.91 Å². The summed E-state index contributed by atoms with van der Waals surface area (Å²) >= 11 is 4.82. The van der Waals surface area contributed by atoms with Crippen LogP contribution in [0.25, 0.3) is 22.2 Å². The first-order valence-corrected chi connectivity index (χ1v) is 10.1. The standard InChI is InChI=1S/C20H15BrN4O2S/c1-12-18(13-6-8-14(21)9-7-13)24-20(28-12)23-17(26)10-25-11-22-16-5-3-2-4-15(16)19(25)27/h2-9,11H,10H2,1H3,(H,23,24,26). The second-order valence-electron chi connectivity index (χ2n) is 6.17. The summed E-state index contributed by atoms with van der Waals surface area (Å²) in [6.45, 7) is 1.84. The first kappa shape index (κ1) is 18.5. The highest BCUT2D eigenvalue weighted by Gasteiger charge is 2.13. The van der Waals surface area contributed by atoms with Crippen LogP contribution in [0.15, 0.2) is 64.1 Å². The Morgan fingerprint density at radius 2 is 1.93 bits per heavy atom. The van der Waals surface area contributed by atoms with E-state index >= 15 is 0 Å². The number of thiazole rings is 1. The summed E-state index contributed by atoms with van der Waals surface area (Å²) in [7, 11) is 0. The van der Waals surface area contributed by atoms with Gasteiger partial charge in [0.1, 0.15) is 6.54 Å². The van der Waals surface area contributed by atoms with Gasteiger partial charge in [0.15, 0.2) is 5.13 Å². The Morgan fingerprint density at radius 1 is 1.18 bits per heavy atom. The maximum Gasteiger partial charge on any atom is 0.261 e. The molecule has 0 saturated carbocycles. The summed E-state index contributed by atoms with van der Waals surface area (Å²) in [4.78, 5) is 34.7. The van der Waals surface area contributed by atoms with Gasteiger partial charge >= 0.3 is 0 Å². The molecule has 0 fully saturated rings. The monoisotopic (exact) mass is 454 g/mol. The van der Waals surface area contributed by atoms with Crippen molar-refractivity contribution in [3.63, 3.8) is 0 Å². The molecule has 0 atom stereocenters. The second-order valence-corrected chi connectivity index (χ2v) is 8.29. The molecule has 0 saturated heterocycles. The minimum Gasteiger partial charge on any atom is -0.300 e. The van der Waals surface area contributed by atoms with Crippen LogP contribution in [0.4, 0.5) is 5.13 Å². The highest BCUT2D eigenvalue weighted by Crippen LogP contribution is 2.31. The molecular formula is C20H15BrN4O2S. The van der Waals surface area contributed by atoms with Crippen LogP contribution in [0.5, 0.6) is 0 Å². The normalized spacial score (nSPS) is 10.9. The van der Waals surface area contributed by atoms with Crippen molar-refractivity contribution in [1.29, 1.82) is 0 Å². The minimum absolute atomic E-state index is 0.122. The third-order valence-corrected chi connectivity index (χ3v) is 5.62. The first-order valence-electron chi connectivity index (χ1n) is 8.48. The molecule has 0 aliphatic carbocycles. The van der Waals surface area contributed by atoms with Crippen molar-refractivity contribution in [2.45, 2.75) is 13.5 Å². The van der Waals surface area contributed by atoms with Crippen molar-refractivity contribution in [2.24, 2.45) is 0 Å². The largest absolute Gasteiger partial charge is 0.300 e. The molecule has 140 valence electrons. The Morgan fingerprint density at radius 3 is 2.71 bits per heavy atom. The lowest BCUT2D eigenvalue weighted by Crippen LogP contribution is -2.27. The van der Waals surface area contributed by atoms with Crippen molar-refractivity contribution in [3.05, 3.63) is 74.6 Å². The quantitative estimate of drug-likeness (QED) is 0.500. The lowest BCUT2D eigenvalue weighted by molar-refractivity contribution is -0.116. The fourth-order valence-electron chi connectivity index (χ4n) is 2.86. The maximum atomic E-state index is 12.5. The predicted octanol–water partition coefficient (Wildman–Crippen LogP) is 4.23. The van der Waals surface area contributed by atoms with E-state index in [0.29, 0.717) is 16.0 Å². The number of rotatable bonds is 4. The smallest absolute Gasteiger partial charge is 0.261 e. The van der Waals surface area contributed by atoms with Gasteiger partial charge in [-0.15, -0.1) is 11.3 Å². The molecule has 8 heteroatoms. The van der Waals surface area contributed by atoms with Gasteiger partial charge in [-0.1, -0.05) is 40.2 Å². The number of amides is 1. The van der Waals surface area contributed by atoms with E-state index in [2.05, 4.69) is 31.2 Å². The summed E-state index contributed by atoms with van der Waals surface area (Å²) in [5, 5.41) is 3.77. The van der Waals surface area contributed by atoms with E-state index in [1.54, 1.807) is 18.2 Å². The summed E-state index contributed by atoms with van der Waals surface area (Å²) < 4.78 is 2.29. The number of halogens is 1. The SMILES string of the molecule is Cc1sc(NC(=O)Cn2cnc3ccccc3c2=O)nc1-c1ccc(Br)cc1. The molecule has 0 unspecified atom stereocenters. The van der Waals surface area contributed by atoms with Crippen LogP contribution in [0, 0.1) is 6.92 Å². The number of anilines is 1. The Balaban J connectivity index is 1.53. The van der Waals surface area contributed by atoms with Crippen molar-refractivity contribution >= 4 is 49.2 Å². The summed E-state index contributed by atoms with van der Waals surface area (Å²) in [5.41, 5.74) is 2.18. The number of hydrogen-bond donors (Lipinski definition) is 1. The van der Waals surface area contributed by atoms with E-state index in [1.807, 2.05) is 37.3 Å². The molecule has 4 aromatic rings. The van der Waals surface area contributed by atoms with Gasteiger partial charge in [-0.05, 0) is 31.2 Å². The zero-order valence-corrected chi connectivity index (χ0v) is 17.3. The third-order valence-electron chi connectivity index (χ3n) is 4.21. The average Bonchev–Trinajstić information content (AvgIpc) is 3.05. The van der Waals surface area contributed by atoms with E-state index in [-0.39, 0.29) is 18.0 Å². The van der Waals surface area contributed by atoms with Crippen LogP contribution < -0.4 is 10.9 Å². The van der Waals surface area contributed by atoms with Crippen molar-refractivity contribution in [3.8, 4) is 11.3 Å². The molecule has 6 nitrogen and oxygen atoms in total. The van der Waals surface area contributed by atoms with Crippen LogP contribution in [-0.4, -0.2) is 20.4 Å². The zero-order chi connectivity index (χ0) is 19.7. The Labute approximate surface area is 173 Å². The van der Waals surface area contributed by atoms with E-state index in [1.165, 1.54) is 22.2 Å². The van der Waals surface area contributed by atoms with Gasteiger partial charge in [-0.3, -0.25) is 14.2 Å². The van der Waals surface area contributed by atoms with Crippen LogP contribution >= 0.6 is 27.3 Å². The Bertz CT molecular complexity index is 1230. The van der Waals surface area contributed by atoms with Gasteiger partial charge in [0.05, 0.1) is 22.9 Å². The third kappa shape index (κ3) is 3.74. The number of fused-ring (bicyclic) bond motifs is 1. The number of hydrogen-bond acceptors (Lipinski definition) is 5. The van der Waals surface area contributed by atoms with Crippen LogP contribution in [0.1, 0.15) is 4.88 Å².